The van der Waals surface area contributed by atoms with Crippen LogP contribution in [0.25, 0.3) is 0 Å². The van der Waals surface area contributed by atoms with Gasteiger partial charge in [0.25, 0.3) is 0 Å². The summed E-state index contributed by atoms with van der Waals surface area (Å²) in [5.41, 5.74) is 0. The third-order valence-corrected chi connectivity index (χ3v) is 3.50. The average molecular weight is 417 g/mol. The van der Waals surface area contributed by atoms with Crippen LogP contribution in [0.4, 0.5) is 13.2 Å². The van der Waals surface area contributed by atoms with Crippen molar-refractivity contribution in [2.24, 2.45) is 0 Å². The summed E-state index contributed by atoms with van der Waals surface area (Å²) < 4.78 is 68.1. The Hall–Kier alpha value is -0.980. The number of carbonyl (C=O) groups excluding carboxylic acids is 1. The molecule has 0 spiro atoms. The molecule has 1 aliphatic rings. The Morgan fingerprint density at radius 1 is 1.00 bits per heavy atom. The molecule has 1 amide bonds. The highest BCUT2D eigenvalue weighted by Crippen LogP contribution is 2.22. The highest BCUT2D eigenvalue weighted by molar-refractivity contribution is 5.81. The van der Waals surface area contributed by atoms with Crippen LogP contribution in [-0.4, -0.2) is 90.0 Å². The van der Waals surface area contributed by atoms with Crippen LogP contribution in [0.1, 0.15) is 20.3 Å². The number of ether oxygens (including phenoxy) is 6. The van der Waals surface area contributed by atoms with Crippen molar-refractivity contribution in [2.45, 2.75) is 38.3 Å². The van der Waals surface area contributed by atoms with E-state index >= 15 is 0 Å². The molecule has 1 N–H and O–H groups in total. The zero-order valence-corrected chi connectivity index (χ0v) is 16.3. The molecule has 0 unspecified atom stereocenters. The maximum Gasteiger partial charge on any atom is 0.471 e. The van der Waals surface area contributed by atoms with E-state index in [2.05, 4.69) is 0 Å². The van der Waals surface area contributed by atoms with E-state index in [-0.39, 0.29) is 19.3 Å². The van der Waals surface area contributed by atoms with Gasteiger partial charge in [0.05, 0.1) is 52.9 Å². The molecule has 0 bridgehead atoms. The van der Waals surface area contributed by atoms with Crippen LogP contribution in [0.5, 0.6) is 0 Å². The predicted octanol–water partition coefficient (Wildman–Crippen LogP) is 1.27. The van der Waals surface area contributed by atoms with Crippen molar-refractivity contribution in [3.05, 3.63) is 0 Å². The van der Waals surface area contributed by atoms with Crippen LogP contribution >= 0.6 is 0 Å². The maximum atomic E-state index is 11.9. The van der Waals surface area contributed by atoms with Gasteiger partial charge in [0.15, 0.2) is 5.79 Å². The summed E-state index contributed by atoms with van der Waals surface area (Å²) in [6.45, 7) is 7.23. The van der Waals surface area contributed by atoms with Crippen molar-refractivity contribution in [3.63, 3.8) is 0 Å². The lowest BCUT2D eigenvalue weighted by atomic mass is 10.4. The first kappa shape index (κ1) is 25.1. The third-order valence-electron chi connectivity index (χ3n) is 3.50. The second-order valence-corrected chi connectivity index (χ2v) is 6.47. The zero-order valence-electron chi connectivity index (χ0n) is 16.3. The molecule has 28 heavy (non-hydrogen) atoms. The minimum absolute atomic E-state index is 0.0563. The Balaban J connectivity index is 1.75. The van der Waals surface area contributed by atoms with Crippen LogP contribution in [0.15, 0.2) is 0 Å². The second kappa shape index (κ2) is 13.3. The smallest absolute Gasteiger partial charge is 0.379 e. The van der Waals surface area contributed by atoms with Crippen molar-refractivity contribution >= 4 is 5.91 Å². The van der Waals surface area contributed by atoms with Gasteiger partial charge < -0.3 is 33.7 Å². The molecule has 0 aromatic carbocycles. The van der Waals surface area contributed by atoms with Gasteiger partial charge in [-0.05, 0) is 20.3 Å². The fourth-order valence-corrected chi connectivity index (χ4v) is 2.20. The molecule has 11 heteroatoms. The minimum Gasteiger partial charge on any atom is -0.379 e. The molecule has 0 aromatic rings. The fourth-order valence-electron chi connectivity index (χ4n) is 2.20. The molecular weight excluding hydrogens is 387 g/mol. The molecule has 166 valence electrons. The van der Waals surface area contributed by atoms with E-state index < -0.39 is 17.9 Å². The summed E-state index contributed by atoms with van der Waals surface area (Å²) in [5.74, 6) is -2.49. The first-order valence-electron chi connectivity index (χ1n) is 9.18. The number of halogens is 3. The van der Waals surface area contributed by atoms with Crippen LogP contribution in [0, 0.1) is 0 Å². The topological polar surface area (TPSA) is 84.5 Å². The molecule has 0 aliphatic carbocycles. The maximum absolute atomic E-state index is 11.9. The standard InChI is InChI=1S/C17H30F3NO7/c1-16(2)27-13-14(28-16)12-26-11-10-25-9-8-24-7-6-23-5-3-4-21-15(22)17(18,19)20/h14H,3-13H2,1-2H3,(H,21,22)/t14-/m1/s1. The average Bonchev–Trinajstić information content (AvgIpc) is 2.96. The highest BCUT2D eigenvalue weighted by Gasteiger charge is 2.38. The summed E-state index contributed by atoms with van der Waals surface area (Å²) in [7, 11) is 0. The molecular formula is C17H30F3NO7. The van der Waals surface area contributed by atoms with Crippen molar-refractivity contribution < 1.29 is 46.4 Å². The van der Waals surface area contributed by atoms with E-state index in [1.165, 1.54) is 0 Å². The number of rotatable bonds is 15. The third kappa shape index (κ3) is 12.5. The number of alkyl halides is 3. The van der Waals surface area contributed by atoms with Crippen molar-refractivity contribution in [2.75, 3.05) is 66.0 Å². The normalized spacial score (nSPS) is 19.1. The van der Waals surface area contributed by atoms with Gasteiger partial charge in [0.2, 0.25) is 0 Å². The molecule has 1 saturated heterocycles. The number of amides is 1. The summed E-state index contributed by atoms with van der Waals surface area (Å²) in [6.07, 6.45) is -4.61. The quantitative estimate of drug-likeness (QED) is 0.402. The molecule has 0 aromatic heterocycles. The molecule has 8 nitrogen and oxygen atoms in total. The molecule has 1 heterocycles. The Kier molecular flexibility index (Phi) is 11.9. The Morgan fingerprint density at radius 2 is 1.54 bits per heavy atom. The van der Waals surface area contributed by atoms with E-state index in [1.807, 2.05) is 13.8 Å². The van der Waals surface area contributed by atoms with Gasteiger partial charge in [-0.15, -0.1) is 0 Å². The van der Waals surface area contributed by atoms with Crippen molar-refractivity contribution in [1.29, 1.82) is 0 Å². The first-order chi connectivity index (χ1) is 13.2. The summed E-state index contributed by atoms with van der Waals surface area (Å²) >= 11 is 0. The van der Waals surface area contributed by atoms with Gasteiger partial charge in [-0.3, -0.25) is 4.79 Å². The van der Waals surface area contributed by atoms with Crippen LogP contribution < -0.4 is 5.32 Å². The Morgan fingerprint density at radius 3 is 2.04 bits per heavy atom. The van der Waals surface area contributed by atoms with E-state index in [0.29, 0.717) is 59.3 Å². The largest absolute Gasteiger partial charge is 0.471 e. The molecule has 0 radical (unpaired) electrons. The predicted molar refractivity (Wildman–Crippen MR) is 91.9 cm³/mol. The number of hydrogen-bond acceptors (Lipinski definition) is 7. The molecule has 1 rings (SSSR count). The van der Waals surface area contributed by atoms with Gasteiger partial charge in [0, 0.05) is 13.2 Å². The van der Waals surface area contributed by atoms with Gasteiger partial charge in [-0.1, -0.05) is 0 Å². The zero-order chi connectivity index (χ0) is 20.9. The van der Waals surface area contributed by atoms with Gasteiger partial charge in [0.1, 0.15) is 6.10 Å². The van der Waals surface area contributed by atoms with Crippen LogP contribution in [0.3, 0.4) is 0 Å². The highest BCUT2D eigenvalue weighted by atomic mass is 19.4. The van der Waals surface area contributed by atoms with E-state index in [0.717, 1.165) is 0 Å². The van der Waals surface area contributed by atoms with Crippen molar-refractivity contribution in [1.82, 2.24) is 5.32 Å². The minimum atomic E-state index is -4.85. The van der Waals surface area contributed by atoms with Gasteiger partial charge in [-0.2, -0.15) is 13.2 Å². The Labute approximate surface area is 162 Å². The summed E-state index contributed by atoms with van der Waals surface area (Å²) in [5, 5.41) is 1.77. The summed E-state index contributed by atoms with van der Waals surface area (Å²) in [4.78, 5) is 10.5. The molecule has 1 aliphatic heterocycles. The SMILES string of the molecule is CC1(C)OC[C@@H](COCCOCCOCCOCCCNC(=O)C(F)(F)F)O1. The second-order valence-electron chi connectivity index (χ2n) is 6.47. The molecule has 0 saturated carbocycles. The Bertz CT molecular complexity index is 435. The van der Waals surface area contributed by atoms with E-state index in [4.69, 9.17) is 28.4 Å². The summed E-state index contributed by atoms with van der Waals surface area (Å²) in [6, 6.07) is 0. The van der Waals surface area contributed by atoms with Gasteiger partial charge >= 0.3 is 12.1 Å². The first-order valence-corrected chi connectivity index (χ1v) is 9.18. The lowest BCUT2D eigenvalue weighted by Crippen LogP contribution is -2.37. The van der Waals surface area contributed by atoms with Crippen molar-refractivity contribution in [3.8, 4) is 0 Å². The molecule has 1 atom stereocenters. The van der Waals surface area contributed by atoms with Crippen LogP contribution in [0.2, 0.25) is 0 Å². The lowest BCUT2D eigenvalue weighted by Gasteiger charge is -2.17. The van der Waals surface area contributed by atoms with E-state index in [9.17, 15) is 18.0 Å². The monoisotopic (exact) mass is 417 g/mol. The van der Waals surface area contributed by atoms with Gasteiger partial charge in [-0.25, -0.2) is 0 Å². The number of nitrogens with one attached hydrogen (secondary N) is 1. The molecule has 1 fully saturated rings. The van der Waals surface area contributed by atoms with E-state index in [1.54, 1.807) is 5.32 Å². The fraction of sp³-hybridized carbons (Fsp3) is 0.941. The number of carbonyl (C=O) groups is 1. The lowest BCUT2D eigenvalue weighted by molar-refractivity contribution is -0.173. The number of hydrogen-bond donors (Lipinski definition) is 1. The van der Waals surface area contributed by atoms with Crippen LogP contribution in [-0.2, 0) is 33.2 Å².